The molecule has 9 heavy (non-hydrogen) atoms. The van der Waals surface area contributed by atoms with Gasteiger partial charge in [-0.3, -0.25) is 0 Å². The number of rotatable bonds is 0. The van der Waals surface area contributed by atoms with Gasteiger partial charge in [0.05, 0.1) is 0 Å². The van der Waals surface area contributed by atoms with Crippen molar-refractivity contribution >= 4 is 0 Å². The second kappa shape index (κ2) is 2.13. The molecule has 1 aliphatic carbocycles. The van der Waals surface area contributed by atoms with E-state index in [0.29, 0.717) is 0 Å². The van der Waals surface area contributed by atoms with Crippen molar-refractivity contribution in [3.63, 3.8) is 0 Å². The summed E-state index contributed by atoms with van der Waals surface area (Å²) in [4.78, 5) is 0. The fourth-order valence-corrected chi connectivity index (χ4v) is 0.833. The molecule has 0 aromatic carbocycles. The molecule has 1 atom stereocenters. The van der Waals surface area contributed by atoms with E-state index in [9.17, 15) is 0 Å². The quantitative estimate of drug-likeness (QED) is 0.520. The van der Waals surface area contributed by atoms with Crippen LogP contribution in [0.25, 0.3) is 0 Å². The first-order valence-corrected chi connectivity index (χ1v) is 3.00. The minimum atomic E-state index is 0.00810. The average Bonchev–Trinajstić information content (AvgIpc) is 1.83. The van der Waals surface area contributed by atoms with Gasteiger partial charge in [-0.2, -0.15) is 0 Å². The van der Waals surface area contributed by atoms with Crippen LogP contribution in [0.1, 0.15) is 13.3 Å². The summed E-state index contributed by atoms with van der Waals surface area (Å²) < 4.78 is 0. The maximum Gasteiger partial charge on any atom is 0.152 e. The van der Waals surface area contributed by atoms with Gasteiger partial charge in [0.15, 0.2) is 5.76 Å². The fraction of sp³-hybridized carbons (Fsp3) is 0.429. The van der Waals surface area contributed by atoms with Gasteiger partial charge in [0, 0.05) is 5.92 Å². The summed E-state index contributed by atoms with van der Waals surface area (Å²) in [5.74, 6) is 0.196. The maximum atomic E-state index is 9.02. The van der Waals surface area contributed by atoms with Crippen molar-refractivity contribution in [3.05, 3.63) is 23.7 Å². The number of aliphatic hydroxyl groups is 2. The third-order valence-electron chi connectivity index (χ3n) is 1.49. The first-order valence-electron chi connectivity index (χ1n) is 3.00. The Kier molecular flexibility index (Phi) is 1.47. The van der Waals surface area contributed by atoms with E-state index in [2.05, 4.69) is 0 Å². The molecular weight excluding hydrogens is 116 g/mol. The Hall–Kier alpha value is -0.920. The van der Waals surface area contributed by atoms with E-state index < -0.39 is 0 Å². The van der Waals surface area contributed by atoms with Gasteiger partial charge < -0.3 is 10.2 Å². The lowest BCUT2D eigenvalue weighted by molar-refractivity contribution is 0.284. The molecule has 1 rings (SSSR count). The fourth-order valence-electron chi connectivity index (χ4n) is 0.833. The van der Waals surface area contributed by atoms with Gasteiger partial charge in [0.25, 0.3) is 0 Å². The normalized spacial score (nSPS) is 27.0. The molecule has 50 valence electrons. The molecular formula is C7H10O2. The molecule has 0 fully saturated rings. The highest BCUT2D eigenvalue weighted by atomic mass is 16.3. The molecule has 0 amide bonds. The molecule has 0 bridgehead atoms. The largest absolute Gasteiger partial charge is 0.508 e. The Morgan fingerprint density at radius 2 is 2.22 bits per heavy atom. The highest BCUT2D eigenvalue weighted by molar-refractivity contribution is 5.20. The summed E-state index contributed by atoms with van der Waals surface area (Å²) in [5, 5.41) is 17.9. The van der Waals surface area contributed by atoms with Crippen LogP contribution in [0.4, 0.5) is 0 Å². The Morgan fingerprint density at radius 1 is 1.56 bits per heavy atom. The first-order chi connectivity index (χ1) is 4.22. The highest BCUT2D eigenvalue weighted by Gasteiger charge is 2.12. The third kappa shape index (κ3) is 1.07. The van der Waals surface area contributed by atoms with Gasteiger partial charge in [-0.05, 0) is 12.5 Å². The highest BCUT2D eigenvalue weighted by Crippen LogP contribution is 2.20. The van der Waals surface area contributed by atoms with Crippen LogP contribution in [0.15, 0.2) is 23.7 Å². The second-order valence-corrected chi connectivity index (χ2v) is 2.31. The molecule has 2 nitrogen and oxygen atoms in total. The number of aliphatic hydroxyl groups excluding tert-OH is 2. The van der Waals surface area contributed by atoms with Crippen molar-refractivity contribution in [1.82, 2.24) is 0 Å². The molecule has 1 unspecified atom stereocenters. The maximum absolute atomic E-state index is 9.02. The number of hydrogen-bond donors (Lipinski definition) is 2. The van der Waals surface area contributed by atoms with Crippen molar-refractivity contribution in [2.24, 2.45) is 5.92 Å². The molecule has 2 heteroatoms. The van der Waals surface area contributed by atoms with E-state index in [1.807, 2.05) is 13.0 Å². The average molecular weight is 126 g/mol. The van der Waals surface area contributed by atoms with E-state index in [4.69, 9.17) is 10.2 Å². The van der Waals surface area contributed by atoms with E-state index in [1.165, 1.54) is 6.08 Å². The molecule has 0 radical (unpaired) electrons. The Bertz CT molecular complexity index is 168. The number of hydrogen-bond acceptors (Lipinski definition) is 2. The van der Waals surface area contributed by atoms with Crippen molar-refractivity contribution in [2.45, 2.75) is 13.3 Å². The molecule has 0 saturated carbocycles. The lowest BCUT2D eigenvalue weighted by Gasteiger charge is -2.12. The lowest BCUT2D eigenvalue weighted by Crippen LogP contribution is -2.04. The van der Waals surface area contributed by atoms with Crippen LogP contribution in [0.5, 0.6) is 0 Å². The summed E-state index contributed by atoms with van der Waals surface area (Å²) in [6.45, 7) is 1.87. The molecule has 0 aliphatic heterocycles. The molecule has 0 aromatic heterocycles. The molecule has 0 saturated heterocycles. The minimum absolute atomic E-state index is 0.00810. The molecule has 0 spiro atoms. The summed E-state index contributed by atoms with van der Waals surface area (Å²) in [5.41, 5.74) is 0. The van der Waals surface area contributed by atoms with E-state index in [1.54, 1.807) is 0 Å². The Labute approximate surface area is 54.1 Å². The first kappa shape index (κ1) is 6.20. The predicted molar refractivity (Wildman–Crippen MR) is 35.2 cm³/mol. The molecule has 0 heterocycles. The Balaban J connectivity index is 2.83. The van der Waals surface area contributed by atoms with Crippen molar-refractivity contribution in [1.29, 1.82) is 0 Å². The van der Waals surface area contributed by atoms with Gasteiger partial charge >= 0.3 is 0 Å². The second-order valence-electron chi connectivity index (χ2n) is 2.31. The van der Waals surface area contributed by atoms with Crippen LogP contribution in [0.3, 0.4) is 0 Å². The standard InChI is InChI=1S/C7H10O2/c1-5-3-2-4-6(8)7(5)9/h2,4-5,8-9H,3H2,1H3. The van der Waals surface area contributed by atoms with Crippen LogP contribution < -0.4 is 0 Å². The molecule has 1 aliphatic rings. The van der Waals surface area contributed by atoms with Crippen LogP contribution in [0.2, 0.25) is 0 Å². The van der Waals surface area contributed by atoms with Crippen LogP contribution in [-0.2, 0) is 0 Å². The van der Waals surface area contributed by atoms with E-state index in [-0.39, 0.29) is 17.4 Å². The van der Waals surface area contributed by atoms with Gasteiger partial charge in [-0.15, -0.1) is 0 Å². The van der Waals surface area contributed by atoms with Crippen molar-refractivity contribution in [3.8, 4) is 0 Å². The zero-order chi connectivity index (χ0) is 6.85. The van der Waals surface area contributed by atoms with Gasteiger partial charge in [-0.25, -0.2) is 0 Å². The zero-order valence-corrected chi connectivity index (χ0v) is 5.33. The topological polar surface area (TPSA) is 40.5 Å². The summed E-state index contributed by atoms with van der Waals surface area (Å²) in [7, 11) is 0. The minimum Gasteiger partial charge on any atom is -0.508 e. The SMILES string of the molecule is CC1CC=CC(O)=C1O. The molecule has 0 aromatic rings. The number of allylic oxidation sites excluding steroid dienone is 3. The van der Waals surface area contributed by atoms with Gasteiger partial charge in [0.1, 0.15) is 5.76 Å². The predicted octanol–water partition coefficient (Wildman–Crippen LogP) is 1.91. The Morgan fingerprint density at radius 3 is 2.67 bits per heavy atom. The molecule has 2 N–H and O–H groups in total. The van der Waals surface area contributed by atoms with Crippen LogP contribution in [0, 0.1) is 5.92 Å². The zero-order valence-electron chi connectivity index (χ0n) is 5.33. The van der Waals surface area contributed by atoms with E-state index >= 15 is 0 Å². The van der Waals surface area contributed by atoms with Gasteiger partial charge in [0.2, 0.25) is 0 Å². The summed E-state index contributed by atoms with van der Waals surface area (Å²) in [6.07, 6.45) is 4.19. The summed E-state index contributed by atoms with van der Waals surface area (Å²) in [6, 6.07) is 0. The monoisotopic (exact) mass is 126 g/mol. The van der Waals surface area contributed by atoms with Crippen LogP contribution >= 0.6 is 0 Å². The van der Waals surface area contributed by atoms with Crippen LogP contribution in [-0.4, -0.2) is 10.2 Å². The summed E-state index contributed by atoms with van der Waals surface area (Å²) >= 11 is 0. The lowest BCUT2D eigenvalue weighted by atomic mass is 10.0. The third-order valence-corrected chi connectivity index (χ3v) is 1.49. The van der Waals surface area contributed by atoms with Gasteiger partial charge in [-0.1, -0.05) is 13.0 Å². The van der Waals surface area contributed by atoms with E-state index in [0.717, 1.165) is 6.42 Å². The van der Waals surface area contributed by atoms with Crippen molar-refractivity contribution < 1.29 is 10.2 Å². The van der Waals surface area contributed by atoms with Crippen molar-refractivity contribution in [2.75, 3.05) is 0 Å². The smallest absolute Gasteiger partial charge is 0.152 e.